The molecule has 1 N–H and O–H groups in total. The second kappa shape index (κ2) is 4.90. The fraction of sp³-hybridized carbons (Fsp3) is 0.500. The molecule has 0 bridgehead atoms. The first-order valence-electron chi connectivity index (χ1n) is 6.54. The Bertz CT molecular complexity index is 463. The number of amides is 1. The van der Waals surface area contributed by atoms with Crippen LogP contribution in [0.15, 0.2) is 24.3 Å². The van der Waals surface area contributed by atoms with Gasteiger partial charge in [0.1, 0.15) is 0 Å². The van der Waals surface area contributed by atoms with E-state index in [-0.39, 0.29) is 18.0 Å². The van der Waals surface area contributed by atoms with Crippen molar-refractivity contribution < 1.29 is 4.79 Å². The molecule has 0 spiro atoms. The minimum Gasteiger partial charge on any atom is -0.337 e. The van der Waals surface area contributed by atoms with Gasteiger partial charge in [0.2, 0.25) is 5.91 Å². The van der Waals surface area contributed by atoms with Crippen LogP contribution in [-0.2, 0) is 4.79 Å². The Morgan fingerprint density at radius 2 is 2.11 bits per heavy atom. The summed E-state index contributed by atoms with van der Waals surface area (Å²) in [4.78, 5) is 14.0. The first kappa shape index (κ1) is 12.0. The number of carbonyl (C=O) groups is 1. The molecule has 2 saturated heterocycles. The second-order valence-corrected chi connectivity index (χ2v) is 5.44. The number of rotatable bonds is 1. The lowest BCUT2D eigenvalue weighted by molar-refractivity contribution is -0.138. The zero-order valence-corrected chi connectivity index (χ0v) is 11.0. The first-order valence-corrected chi connectivity index (χ1v) is 6.92. The van der Waals surface area contributed by atoms with E-state index in [1.807, 2.05) is 23.1 Å². The Morgan fingerprint density at radius 1 is 1.28 bits per heavy atom. The summed E-state index contributed by atoms with van der Waals surface area (Å²) in [5.74, 6) is 0.225. The molecule has 96 valence electrons. The maximum absolute atomic E-state index is 11.9. The fourth-order valence-corrected chi connectivity index (χ4v) is 3.35. The van der Waals surface area contributed by atoms with Gasteiger partial charge in [-0.15, -0.1) is 0 Å². The van der Waals surface area contributed by atoms with Gasteiger partial charge in [-0.3, -0.25) is 10.1 Å². The fourth-order valence-electron chi connectivity index (χ4n) is 3.09. The predicted molar refractivity (Wildman–Crippen MR) is 71.5 cm³/mol. The van der Waals surface area contributed by atoms with Gasteiger partial charge in [-0.1, -0.05) is 29.8 Å². The van der Waals surface area contributed by atoms with Gasteiger partial charge >= 0.3 is 0 Å². The number of benzene rings is 1. The Hall–Kier alpha value is -1.06. The zero-order valence-electron chi connectivity index (χ0n) is 10.2. The van der Waals surface area contributed by atoms with Crippen LogP contribution in [0.1, 0.15) is 30.9 Å². The van der Waals surface area contributed by atoms with Crippen LogP contribution < -0.4 is 5.32 Å². The van der Waals surface area contributed by atoms with Crippen molar-refractivity contribution in [1.82, 2.24) is 10.2 Å². The molecule has 1 aromatic rings. The molecule has 0 radical (unpaired) electrons. The van der Waals surface area contributed by atoms with Crippen LogP contribution in [0.3, 0.4) is 0 Å². The number of carbonyl (C=O) groups excluding carboxylic acids is 1. The first-order chi connectivity index (χ1) is 8.77. The topological polar surface area (TPSA) is 32.3 Å². The van der Waals surface area contributed by atoms with Gasteiger partial charge in [-0.2, -0.15) is 0 Å². The smallest absolute Gasteiger partial charge is 0.236 e. The molecule has 3 nitrogen and oxygen atoms in total. The summed E-state index contributed by atoms with van der Waals surface area (Å²) >= 11 is 6.28. The molecule has 2 aliphatic rings. The molecule has 3 rings (SSSR count). The van der Waals surface area contributed by atoms with Gasteiger partial charge in [0.15, 0.2) is 0 Å². The van der Waals surface area contributed by atoms with Crippen LogP contribution in [0.5, 0.6) is 0 Å². The van der Waals surface area contributed by atoms with Crippen LogP contribution in [0, 0.1) is 0 Å². The molecular formula is C14H17ClN2O. The summed E-state index contributed by atoms with van der Waals surface area (Å²) < 4.78 is 0. The van der Waals surface area contributed by atoms with Crippen molar-refractivity contribution in [3.63, 3.8) is 0 Å². The molecule has 0 aromatic heterocycles. The Labute approximate surface area is 112 Å². The summed E-state index contributed by atoms with van der Waals surface area (Å²) in [7, 11) is 0. The van der Waals surface area contributed by atoms with E-state index >= 15 is 0 Å². The number of halogens is 1. The molecule has 2 unspecified atom stereocenters. The normalized spacial score (nSPS) is 28.1. The third-order valence-electron chi connectivity index (χ3n) is 3.97. The van der Waals surface area contributed by atoms with Gasteiger partial charge in [0.25, 0.3) is 0 Å². The van der Waals surface area contributed by atoms with E-state index in [1.165, 1.54) is 6.42 Å². The van der Waals surface area contributed by atoms with E-state index in [0.717, 1.165) is 30.0 Å². The summed E-state index contributed by atoms with van der Waals surface area (Å²) in [6.07, 6.45) is 3.38. The Morgan fingerprint density at radius 3 is 2.94 bits per heavy atom. The monoisotopic (exact) mass is 264 g/mol. The van der Waals surface area contributed by atoms with Crippen LogP contribution >= 0.6 is 11.6 Å². The maximum atomic E-state index is 11.9. The van der Waals surface area contributed by atoms with Crippen molar-refractivity contribution in [2.24, 2.45) is 0 Å². The van der Waals surface area contributed by atoms with Gasteiger partial charge in [-0.25, -0.2) is 0 Å². The zero-order chi connectivity index (χ0) is 12.5. The minimum absolute atomic E-state index is 0.177. The Balaban J connectivity index is 1.92. The number of fused-ring (bicyclic) bond motifs is 1. The maximum Gasteiger partial charge on any atom is 0.236 e. The molecular weight excluding hydrogens is 248 g/mol. The van der Waals surface area contributed by atoms with Gasteiger partial charge in [0.05, 0.1) is 18.6 Å². The van der Waals surface area contributed by atoms with Crippen LogP contribution in [0.25, 0.3) is 0 Å². The summed E-state index contributed by atoms with van der Waals surface area (Å²) in [5, 5.41) is 4.14. The largest absolute Gasteiger partial charge is 0.337 e. The minimum atomic E-state index is 0.177. The average Bonchev–Trinajstić information content (AvgIpc) is 2.41. The summed E-state index contributed by atoms with van der Waals surface area (Å²) in [6, 6.07) is 8.37. The average molecular weight is 265 g/mol. The highest BCUT2D eigenvalue weighted by molar-refractivity contribution is 6.31. The third kappa shape index (κ3) is 2.02. The third-order valence-corrected chi connectivity index (χ3v) is 4.31. The van der Waals surface area contributed by atoms with E-state index in [1.54, 1.807) is 0 Å². The number of piperidine rings is 1. The van der Waals surface area contributed by atoms with E-state index in [2.05, 4.69) is 11.4 Å². The van der Waals surface area contributed by atoms with Gasteiger partial charge in [0, 0.05) is 11.6 Å². The van der Waals surface area contributed by atoms with E-state index < -0.39 is 0 Å². The van der Waals surface area contributed by atoms with Crippen molar-refractivity contribution in [3.8, 4) is 0 Å². The molecule has 0 saturated carbocycles. The number of nitrogens with zero attached hydrogens (tertiary/aromatic N) is 1. The van der Waals surface area contributed by atoms with Gasteiger partial charge < -0.3 is 4.90 Å². The lowest BCUT2D eigenvalue weighted by Gasteiger charge is -2.45. The molecule has 2 atom stereocenters. The number of nitrogens with one attached hydrogen (secondary N) is 1. The molecule has 2 heterocycles. The van der Waals surface area contributed by atoms with E-state index in [0.29, 0.717) is 6.54 Å². The number of hydrogen-bond acceptors (Lipinski definition) is 2. The van der Waals surface area contributed by atoms with Crippen molar-refractivity contribution >= 4 is 17.5 Å². The van der Waals surface area contributed by atoms with Gasteiger partial charge in [-0.05, 0) is 30.9 Å². The predicted octanol–water partition coefficient (Wildman–Crippen LogP) is 2.37. The van der Waals surface area contributed by atoms with Crippen molar-refractivity contribution in [2.45, 2.75) is 31.3 Å². The Kier molecular flexibility index (Phi) is 3.27. The summed E-state index contributed by atoms with van der Waals surface area (Å²) in [5.41, 5.74) is 1.11. The summed E-state index contributed by atoms with van der Waals surface area (Å²) in [6.45, 7) is 1.32. The molecule has 2 fully saturated rings. The molecule has 4 heteroatoms. The molecule has 1 amide bonds. The lowest BCUT2D eigenvalue weighted by Crippen LogP contribution is -2.58. The van der Waals surface area contributed by atoms with E-state index in [4.69, 9.17) is 11.6 Å². The quantitative estimate of drug-likeness (QED) is 0.845. The highest BCUT2D eigenvalue weighted by Gasteiger charge is 2.38. The van der Waals surface area contributed by atoms with E-state index in [9.17, 15) is 4.79 Å². The number of piperazine rings is 1. The van der Waals surface area contributed by atoms with Crippen LogP contribution in [0.4, 0.5) is 0 Å². The van der Waals surface area contributed by atoms with Crippen LogP contribution in [0.2, 0.25) is 5.02 Å². The number of hydrogen-bond donors (Lipinski definition) is 1. The van der Waals surface area contributed by atoms with Crippen molar-refractivity contribution in [2.75, 3.05) is 13.1 Å². The molecule has 2 aliphatic heterocycles. The standard InChI is InChI=1S/C14H17ClN2O/c15-11-6-2-1-5-10(11)14-12-7-3-4-8-17(12)13(18)9-16-14/h1-2,5-6,12,14,16H,3-4,7-9H2. The molecule has 1 aromatic carbocycles. The SMILES string of the molecule is O=C1CNC(c2ccccc2Cl)C2CCCCN12. The lowest BCUT2D eigenvalue weighted by atomic mass is 9.89. The van der Waals surface area contributed by atoms with Crippen molar-refractivity contribution in [1.29, 1.82) is 0 Å². The highest BCUT2D eigenvalue weighted by atomic mass is 35.5. The van der Waals surface area contributed by atoms with Crippen molar-refractivity contribution in [3.05, 3.63) is 34.9 Å². The van der Waals surface area contributed by atoms with Crippen LogP contribution in [-0.4, -0.2) is 29.9 Å². The molecule has 18 heavy (non-hydrogen) atoms. The highest BCUT2D eigenvalue weighted by Crippen LogP contribution is 2.34. The molecule has 0 aliphatic carbocycles. The second-order valence-electron chi connectivity index (χ2n) is 5.03.